The summed E-state index contributed by atoms with van der Waals surface area (Å²) in [5, 5.41) is 10.7. The van der Waals surface area contributed by atoms with Gasteiger partial charge in [0.1, 0.15) is 6.04 Å². The van der Waals surface area contributed by atoms with Crippen molar-refractivity contribution in [2.24, 2.45) is 0 Å². The highest BCUT2D eigenvalue weighted by Crippen LogP contribution is 2.24. The normalized spacial score (nSPS) is 18.3. The molecular weight excluding hydrogens is 292 g/mol. The number of carbonyl (C=O) groups excluding carboxylic acids is 1. The van der Waals surface area contributed by atoms with E-state index in [0.717, 1.165) is 22.9 Å². The molecule has 0 saturated carbocycles. The van der Waals surface area contributed by atoms with Crippen molar-refractivity contribution in [3.8, 4) is 0 Å². The van der Waals surface area contributed by atoms with Crippen molar-refractivity contribution in [2.75, 3.05) is 6.54 Å². The zero-order chi connectivity index (χ0) is 15.0. The van der Waals surface area contributed by atoms with Crippen LogP contribution in [0.3, 0.4) is 0 Å². The number of nitrogens with zero attached hydrogens (tertiary/aromatic N) is 1. The first-order chi connectivity index (χ1) is 10.1. The summed E-state index contributed by atoms with van der Waals surface area (Å²) in [5.74, 6) is -1.08. The fourth-order valence-corrected chi connectivity index (χ4v) is 3.06. The van der Waals surface area contributed by atoms with E-state index in [1.807, 2.05) is 12.1 Å². The number of carboxylic acid groups (broad SMARTS) is 1. The van der Waals surface area contributed by atoms with Crippen molar-refractivity contribution < 1.29 is 14.7 Å². The number of halogens is 1. The van der Waals surface area contributed by atoms with Crippen LogP contribution in [0.15, 0.2) is 24.4 Å². The number of H-pyrrole nitrogens is 1. The van der Waals surface area contributed by atoms with E-state index in [0.29, 0.717) is 18.0 Å². The van der Waals surface area contributed by atoms with Crippen molar-refractivity contribution in [3.05, 3.63) is 35.0 Å². The van der Waals surface area contributed by atoms with Crippen LogP contribution in [0.2, 0.25) is 5.02 Å². The second-order valence-corrected chi connectivity index (χ2v) is 5.70. The van der Waals surface area contributed by atoms with Crippen molar-refractivity contribution >= 4 is 34.4 Å². The number of aliphatic carboxylic acids is 1. The average molecular weight is 307 g/mol. The van der Waals surface area contributed by atoms with Gasteiger partial charge in [-0.3, -0.25) is 4.79 Å². The van der Waals surface area contributed by atoms with E-state index in [1.165, 1.54) is 4.90 Å². The second kappa shape index (κ2) is 5.41. The van der Waals surface area contributed by atoms with Crippen molar-refractivity contribution in [1.29, 1.82) is 0 Å². The Morgan fingerprint density at radius 3 is 3.00 bits per heavy atom. The van der Waals surface area contributed by atoms with Gasteiger partial charge in [0.05, 0.1) is 6.42 Å². The molecule has 1 aliphatic heterocycles. The minimum absolute atomic E-state index is 0.152. The Kier molecular flexibility index (Phi) is 3.59. The number of aromatic amines is 1. The number of benzene rings is 1. The third-order valence-corrected chi connectivity index (χ3v) is 4.16. The van der Waals surface area contributed by atoms with E-state index in [9.17, 15) is 9.59 Å². The minimum Gasteiger partial charge on any atom is -0.480 e. The molecule has 1 aliphatic rings. The Labute approximate surface area is 126 Å². The molecule has 0 aliphatic carbocycles. The quantitative estimate of drug-likeness (QED) is 0.914. The summed E-state index contributed by atoms with van der Waals surface area (Å²) in [6, 6.07) is 4.77. The molecule has 1 aromatic carbocycles. The molecule has 5 nitrogen and oxygen atoms in total. The fourth-order valence-electron chi connectivity index (χ4n) is 2.88. The van der Waals surface area contributed by atoms with Gasteiger partial charge in [0.15, 0.2) is 0 Å². The summed E-state index contributed by atoms with van der Waals surface area (Å²) in [4.78, 5) is 28.1. The first-order valence-electron chi connectivity index (χ1n) is 6.84. The van der Waals surface area contributed by atoms with Gasteiger partial charge in [-0.15, -0.1) is 0 Å². The zero-order valence-corrected chi connectivity index (χ0v) is 12.1. The maximum Gasteiger partial charge on any atom is 0.326 e. The Morgan fingerprint density at radius 1 is 1.43 bits per heavy atom. The number of carbonyl (C=O) groups is 2. The lowest BCUT2D eigenvalue weighted by Crippen LogP contribution is -2.41. The van der Waals surface area contributed by atoms with Gasteiger partial charge in [-0.25, -0.2) is 4.79 Å². The summed E-state index contributed by atoms with van der Waals surface area (Å²) >= 11 is 5.99. The Hall–Kier alpha value is -2.01. The number of hydrogen-bond acceptors (Lipinski definition) is 2. The van der Waals surface area contributed by atoms with Crippen LogP contribution in [-0.2, 0) is 16.0 Å². The van der Waals surface area contributed by atoms with E-state index in [2.05, 4.69) is 4.98 Å². The second-order valence-electron chi connectivity index (χ2n) is 5.26. The van der Waals surface area contributed by atoms with Crippen LogP contribution in [0.4, 0.5) is 0 Å². The maximum absolute atomic E-state index is 12.4. The molecule has 2 aromatic rings. The lowest BCUT2D eigenvalue weighted by atomic mass is 10.1. The van der Waals surface area contributed by atoms with Gasteiger partial charge in [-0.05, 0) is 36.6 Å². The van der Waals surface area contributed by atoms with Gasteiger partial charge < -0.3 is 15.0 Å². The maximum atomic E-state index is 12.4. The van der Waals surface area contributed by atoms with Crippen molar-refractivity contribution in [3.63, 3.8) is 0 Å². The molecule has 0 bridgehead atoms. The zero-order valence-electron chi connectivity index (χ0n) is 11.3. The number of rotatable bonds is 3. The van der Waals surface area contributed by atoms with E-state index < -0.39 is 12.0 Å². The monoisotopic (exact) mass is 306 g/mol. The highest BCUT2D eigenvalue weighted by Gasteiger charge is 2.33. The Balaban J connectivity index is 1.83. The molecule has 0 spiro atoms. The van der Waals surface area contributed by atoms with Gasteiger partial charge in [0, 0.05) is 28.7 Å². The molecule has 110 valence electrons. The highest BCUT2D eigenvalue weighted by molar-refractivity contribution is 6.31. The van der Waals surface area contributed by atoms with Crippen LogP contribution < -0.4 is 0 Å². The molecule has 1 amide bonds. The van der Waals surface area contributed by atoms with Gasteiger partial charge in [0.25, 0.3) is 0 Å². The predicted octanol–water partition coefficient (Wildman–Crippen LogP) is 2.44. The minimum atomic E-state index is -0.928. The molecular formula is C15H15ClN2O3. The summed E-state index contributed by atoms with van der Waals surface area (Å²) in [6.07, 6.45) is 3.23. The van der Waals surface area contributed by atoms with E-state index >= 15 is 0 Å². The number of fused-ring (bicyclic) bond motifs is 1. The Bertz CT molecular complexity index is 710. The van der Waals surface area contributed by atoms with Crippen LogP contribution in [0.25, 0.3) is 10.9 Å². The lowest BCUT2D eigenvalue weighted by molar-refractivity contribution is -0.147. The molecule has 1 atom stereocenters. The number of carboxylic acids is 1. The molecule has 1 unspecified atom stereocenters. The number of aromatic nitrogens is 1. The van der Waals surface area contributed by atoms with Crippen LogP contribution in [0, 0.1) is 0 Å². The van der Waals surface area contributed by atoms with Crippen LogP contribution in [0.5, 0.6) is 0 Å². The number of likely N-dealkylation sites (tertiary alicyclic amines) is 1. The molecule has 2 N–H and O–H groups in total. The fraction of sp³-hybridized carbons (Fsp3) is 0.333. The molecule has 6 heteroatoms. The lowest BCUT2D eigenvalue weighted by Gasteiger charge is -2.21. The molecule has 2 heterocycles. The summed E-state index contributed by atoms with van der Waals surface area (Å²) in [5.41, 5.74) is 1.76. The summed E-state index contributed by atoms with van der Waals surface area (Å²) in [7, 11) is 0. The molecule has 3 rings (SSSR count). The van der Waals surface area contributed by atoms with E-state index in [1.54, 1.807) is 12.3 Å². The van der Waals surface area contributed by atoms with Gasteiger partial charge in [-0.2, -0.15) is 0 Å². The third-order valence-electron chi connectivity index (χ3n) is 3.93. The van der Waals surface area contributed by atoms with Gasteiger partial charge in [-0.1, -0.05) is 11.6 Å². The summed E-state index contributed by atoms with van der Waals surface area (Å²) < 4.78 is 0. The summed E-state index contributed by atoms with van der Waals surface area (Å²) in [6.45, 7) is 0.513. The van der Waals surface area contributed by atoms with E-state index in [-0.39, 0.29) is 12.3 Å². The first-order valence-corrected chi connectivity index (χ1v) is 7.22. The van der Waals surface area contributed by atoms with E-state index in [4.69, 9.17) is 16.7 Å². The molecule has 1 aromatic heterocycles. The first kappa shape index (κ1) is 13.9. The largest absolute Gasteiger partial charge is 0.480 e. The third kappa shape index (κ3) is 2.61. The highest BCUT2D eigenvalue weighted by atomic mass is 35.5. The molecule has 1 saturated heterocycles. The molecule has 0 radical (unpaired) electrons. The predicted molar refractivity (Wildman–Crippen MR) is 79.4 cm³/mol. The number of nitrogens with one attached hydrogen (secondary N) is 1. The van der Waals surface area contributed by atoms with Crippen LogP contribution in [-0.4, -0.2) is 39.5 Å². The van der Waals surface area contributed by atoms with Crippen LogP contribution >= 0.6 is 11.6 Å². The number of amides is 1. The van der Waals surface area contributed by atoms with Crippen molar-refractivity contribution in [2.45, 2.75) is 25.3 Å². The molecule has 1 fully saturated rings. The van der Waals surface area contributed by atoms with Gasteiger partial charge >= 0.3 is 5.97 Å². The number of hydrogen-bond donors (Lipinski definition) is 2. The SMILES string of the molecule is O=C(O)C1CCCN1C(=O)Cc1c[nH]c2ccc(Cl)cc12. The Morgan fingerprint density at radius 2 is 2.24 bits per heavy atom. The van der Waals surface area contributed by atoms with Crippen LogP contribution in [0.1, 0.15) is 18.4 Å². The smallest absolute Gasteiger partial charge is 0.326 e. The van der Waals surface area contributed by atoms with Crippen molar-refractivity contribution in [1.82, 2.24) is 9.88 Å². The molecule has 21 heavy (non-hydrogen) atoms. The average Bonchev–Trinajstić information content (AvgIpc) is 3.06. The topological polar surface area (TPSA) is 73.4 Å². The van der Waals surface area contributed by atoms with Gasteiger partial charge in [0.2, 0.25) is 5.91 Å². The standard InChI is InChI=1S/C15H15ClN2O3/c16-10-3-4-12-11(7-10)9(8-17-12)6-14(19)18-5-1-2-13(18)15(20)21/h3-4,7-8,13,17H,1-2,5-6H2,(H,20,21).